The number of carbonyl (C=O) groups excluding carboxylic acids is 1. The zero-order chi connectivity index (χ0) is 37.0. The highest BCUT2D eigenvalue weighted by Gasteiger charge is 2.57. The van der Waals surface area contributed by atoms with Crippen LogP contribution in [0.15, 0.2) is 48.5 Å². The standard InChI is InChI=1S/C42H66N4O5/c1-10-50-37-17-12-11-16-32(37)24-45(34(18-27(2)3)25-44(8)9)22-30-14-13-15-31(19-30)23-46-40(39(29(5)48)38(26-47)51-46)41(49)43-36-21-33-20-35(28(36)4)42(33,6)7/h11-17,19,27-29,33-36,38-40,47-48H,10,18,20-26H2,1-9H3,(H,43,49)/t28-,29+,33-,34+,35-,36+,38+,39-,40+/m1/s1. The van der Waals surface area contributed by atoms with Gasteiger partial charge in [-0.05, 0) is 93.5 Å². The average Bonchev–Trinajstić information content (AvgIpc) is 3.44. The second-order valence-corrected chi connectivity index (χ2v) is 17.0. The van der Waals surface area contributed by atoms with Gasteiger partial charge >= 0.3 is 0 Å². The van der Waals surface area contributed by atoms with Crippen LogP contribution in [0.1, 0.15) is 84.4 Å². The summed E-state index contributed by atoms with van der Waals surface area (Å²) in [5.41, 5.74) is 3.69. The smallest absolute Gasteiger partial charge is 0.240 e. The molecule has 0 radical (unpaired) electrons. The van der Waals surface area contributed by atoms with Crippen LogP contribution in [0.25, 0.3) is 0 Å². The molecular formula is C42H66N4O5. The molecule has 9 nitrogen and oxygen atoms in total. The predicted octanol–water partition coefficient (Wildman–Crippen LogP) is 5.72. The zero-order valence-corrected chi connectivity index (χ0v) is 32.7. The summed E-state index contributed by atoms with van der Waals surface area (Å²) in [7, 11) is 4.28. The fourth-order valence-corrected chi connectivity index (χ4v) is 9.49. The van der Waals surface area contributed by atoms with Crippen molar-refractivity contribution >= 4 is 5.91 Å². The fourth-order valence-electron chi connectivity index (χ4n) is 9.49. The number of amides is 1. The highest BCUT2D eigenvalue weighted by molar-refractivity contribution is 5.82. The van der Waals surface area contributed by atoms with Gasteiger partial charge in [0, 0.05) is 43.2 Å². The number of aliphatic hydroxyl groups is 2. The molecule has 2 aromatic rings. The average molecular weight is 707 g/mol. The van der Waals surface area contributed by atoms with E-state index in [0.29, 0.717) is 48.3 Å². The minimum Gasteiger partial charge on any atom is -0.494 e. The number of likely N-dealkylation sites (N-methyl/N-ethyl adjacent to an activating group) is 1. The molecule has 4 fully saturated rings. The van der Waals surface area contributed by atoms with Crippen molar-refractivity contribution in [2.75, 3.05) is 33.9 Å². The summed E-state index contributed by atoms with van der Waals surface area (Å²) < 4.78 is 6.04. The summed E-state index contributed by atoms with van der Waals surface area (Å²) in [5, 5.41) is 26.3. The normalized spacial score (nSPS) is 28.5. The molecule has 0 aromatic heterocycles. The maximum atomic E-state index is 14.2. The Balaban J connectivity index is 1.37. The van der Waals surface area contributed by atoms with Gasteiger partial charge in [-0.1, -0.05) is 77.1 Å². The molecule has 2 bridgehead atoms. The summed E-state index contributed by atoms with van der Waals surface area (Å²) in [6, 6.07) is 16.6. The molecule has 51 heavy (non-hydrogen) atoms. The first-order valence-corrected chi connectivity index (χ1v) is 19.4. The summed E-state index contributed by atoms with van der Waals surface area (Å²) >= 11 is 0. The Bertz CT molecular complexity index is 1420. The molecular weight excluding hydrogens is 640 g/mol. The Labute approximate surface area is 307 Å². The van der Waals surface area contributed by atoms with Crippen LogP contribution in [-0.4, -0.2) is 95.2 Å². The molecule has 4 aliphatic rings. The van der Waals surface area contributed by atoms with Gasteiger partial charge in [0.25, 0.3) is 0 Å². The molecule has 3 aliphatic carbocycles. The third-order valence-corrected chi connectivity index (χ3v) is 12.3. The van der Waals surface area contributed by atoms with E-state index in [2.05, 4.69) is 106 Å². The van der Waals surface area contributed by atoms with Crippen molar-refractivity contribution in [2.45, 2.75) is 118 Å². The minimum absolute atomic E-state index is 0.0991. The number of benzene rings is 2. The molecule has 1 heterocycles. The van der Waals surface area contributed by atoms with Gasteiger partial charge < -0.3 is 25.2 Å². The number of nitrogens with one attached hydrogen (secondary N) is 1. The molecule has 0 spiro atoms. The van der Waals surface area contributed by atoms with Crippen LogP contribution in [0.4, 0.5) is 0 Å². The number of carbonyl (C=O) groups is 1. The molecule has 3 N–H and O–H groups in total. The number of hydrogen-bond donors (Lipinski definition) is 3. The van der Waals surface area contributed by atoms with Crippen molar-refractivity contribution in [1.29, 1.82) is 0 Å². The lowest BCUT2D eigenvalue weighted by molar-refractivity contribution is -0.183. The van der Waals surface area contributed by atoms with E-state index in [0.717, 1.165) is 43.8 Å². The fraction of sp³-hybridized carbons (Fsp3) is 0.690. The quantitative estimate of drug-likeness (QED) is 0.192. The van der Waals surface area contributed by atoms with Crippen LogP contribution in [0.3, 0.4) is 0 Å². The first-order chi connectivity index (χ1) is 24.2. The van der Waals surface area contributed by atoms with Crippen molar-refractivity contribution in [3.05, 3.63) is 65.2 Å². The van der Waals surface area contributed by atoms with Crippen molar-refractivity contribution in [3.8, 4) is 5.75 Å². The molecule has 1 saturated heterocycles. The van der Waals surface area contributed by atoms with Gasteiger partial charge in [0.1, 0.15) is 17.9 Å². The van der Waals surface area contributed by atoms with E-state index >= 15 is 0 Å². The van der Waals surface area contributed by atoms with E-state index in [1.54, 1.807) is 12.0 Å². The Morgan fingerprint density at radius 3 is 2.43 bits per heavy atom. The van der Waals surface area contributed by atoms with Crippen LogP contribution >= 0.6 is 0 Å². The highest BCUT2D eigenvalue weighted by atomic mass is 16.7. The molecule has 3 saturated carbocycles. The van der Waals surface area contributed by atoms with Crippen molar-refractivity contribution in [2.24, 2.45) is 35.0 Å². The first-order valence-electron chi connectivity index (χ1n) is 19.4. The lowest BCUT2D eigenvalue weighted by atomic mass is 9.45. The second-order valence-electron chi connectivity index (χ2n) is 17.0. The van der Waals surface area contributed by atoms with Gasteiger partial charge in [-0.3, -0.25) is 14.5 Å². The van der Waals surface area contributed by atoms with Crippen LogP contribution in [0.5, 0.6) is 5.75 Å². The Morgan fingerprint density at radius 2 is 1.80 bits per heavy atom. The van der Waals surface area contributed by atoms with Gasteiger partial charge in [0.2, 0.25) is 5.91 Å². The number of ether oxygens (including phenoxy) is 1. The number of para-hydroxylation sites is 1. The van der Waals surface area contributed by atoms with Crippen LogP contribution < -0.4 is 10.1 Å². The summed E-state index contributed by atoms with van der Waals surface area (Å²) in [5.74, 6) is 2.40. The van der Waals surface area contributed by atoms with Crippen LogP contribution in [-0.2, 0) is 29.3 Å². The monoisotopic (exact) mass is 707 g/mol. The van der Waals surface area contributed by atoms with E-state index in [1.807, 2.05) is 13.0 Å². The molecule has 1 aliphatic heterocycles. The summed E-state index contributed by atoms with van der Waals surface area (Å²) in [6.45, 7) is 18.5. The lowest BCUT2D eigenvalue weighted by Crippen LogP contribution is -2.62. The summed E-state index contributed by atoms with van der Waals surface area (Å²) in [4.78, 5) is 25.3. The first kappa shape index (κ1) is 39.7. The molecule has 9 heteroatoms. The lowest BCUT2D eigenvalue weighted by Gasteiger charge is -2.62. The number of aliphatic hydroxyl groups excluding tert-OH is 2. The van der Waals surface area contributed by atoms with E-state index in [4.69, 9.17) is 9.57 Å². The molecule has 6 rings (SSSR count). The minimum atomic E-state index is -0.826. The second kappa shape index (κ2) is 17.1. The molecule has 284 valence electrons. The number of hydrogen-bond acceptors (Lipinski definition) is 8. The van der Waals surface area contributed by atoms with E-state index in [1.165, 1.54) is 17.5 Å². The third-order valence-electron chi connectivity index (χ3n) is 12.3. The largest absolute Gasteiger partial charge is 0.494 e. The van der Waals surface area contributed by atoms with Crippen LogP contribution in [0.2, 0.25) is 0 Å². The maximum Gasteiger partial charge on any atom is 0.240 e. The van der Waals surface area contributed by atoms with Gasteiger partial charge in [-0.2, -0.15) is 5.06 Å². The Hall–Kier alpha value is -2.53. The van der Waals surface area contributed by atoms with Gasteiger partial charge in [0.05, 0.1) is 25.9 Å². The van der Waals surface area contributed by atoms with E-state index < -0.39 is 24.2 Å². The predicted molar refractivity (Wildman–Crippen MR) is 203 cm³/mol. The van der Waals surface area contributed by atoms with Crippen molar-refractivity contribution < 1.29 is 24.6 Å². The maximum absolute atomic E-state index is 14.2. The van der Waals surface area contributed by atoms with Crippen LogP contribution in [0, 0.1) is 35.0 Å². The highest BCUT2D eigenvalue weighted by Crippen LogP contribution is 2.61. The topological polar surface area (TPSA) is 97.7 Å². The van der Waals surface area contributed by atoms with E-state index in [-0.39, 0.29) is 18.6 Å². The number of nitrogens with zero attached hydrogens (tertiary/aromatic N) is 3. The van der Waals surface area contributed by atoms with Gasteiger partial charge in [0.15, 0.2) is 0 Å². The Morgan fingerprint density at radius 1 is 1.08 bits per heavy atom. The number of rotatable bonds is 17. The summed E-state index contributed by atoms with van der Waals surface area (Å²) in [6.07, 6.45) is 1.79. The van der Waals surface area contributed by atoms with E-state index in [9.17, 15) is 15.0 Å². The van der Waals surface area contributed by atoms with Gasteiger partial charge in [-0.25, -0.2) is 0 Å². The van der Waals surface area contributed by atoms with Crippen molar-refractivity contribution in [1.82, 2.24) is 20.2 Å². The molecule has 2 aromatic carbocycles. The van der Waals surface area contributed by atoms with Gasteiger partial charge in [-0.15, -0.1) is 0 Å². The Kier molecular flexibility index (Phi) is 13.3. The number of hydroxylamine groups is 2. The third kappa shape index (κ3) is 9.17. The molecule has 0 unspecified atom stereocenters. The zero-order valence-electron chi connectivity index (χ0n) is 32.7. The van der Waals surface area contributed by atoms with Crippen molar-refractivity contribution in [3.63, 3.8) is 0 Å². The number of fused-ring (bicyclic) bond motifs is 2. The SMILES string of the molecule is CCOc1ccccc1CN(Cc1cccc(CN2O[C@@H](CO)[C@@H]([C@H](C)O)[C@H]2C(=O)N[C@H]2C[C@H]3C[C@H]([C@H]2C)C3(C)C)c1)[C@@H](CC(C)C)CN(C)C. The molecule has 1 amide bonds. The molecule has 9 atom stereocenters.